The van der Waals surface area contributed by atoms with Crippen LogP contribution in [0.15, 0.2) is 0 Å². The molecular formula is C11H20O4. The summed E-state index contributed by atoms with van der Waals surface area (Å²) < 4.78 is 9.70. The zero-order valence-electron chi connectivity index (χ0n) is 9.91. The zero-order chi connectivity index (χ0) is 11.8. The number of hydrogen-bond acceptors (Lipinski definition) is 4. The number of unbranched alkanes of at least 4 members (excludes halogenated alkanes) is 1. The standard InChI is InChI=1S/C11H20O4/c1-5-6-7-9(8(2)12)10(13)11(14-3)15-4/h9,11H,5-7H2,1-4H3. The van der Waals surface area contributed by atoms with Gasteiger partial charge in [-0.15, -0.1) is 0 Å². The Balaban J connectivity index is 4.46. The first-order valence-corrected chi connectivity index (χ1v) is 5.18. The van der Waals surface area contributed by atoms with Crippen molar-refractivity contribution in [2.75, 3.05) is 14.2 Å². The van der Waals surface area contributed by atoms with E-state index in [1.807, 2.05) is 6.92 Å². The number of ketones is 2. The van der Waals surface area contributed by atoms with Gasteiger partial charge in [0.1, 0.15) is 5.78 Å². The molecule has 1 unspecified atom stereocenters. The molecule has 0 heterocycles. The first-order valence-electron chi connectivity index (χ1n) is 5.18. The molecule has 0 radical (unpaired) electrons. The highest BCUT2D eigenvalue weighted by atomic mass is 16.7. The van der Waals surface area contributed by atoms with Crippen molar-refractivity contribution in [3.05, 3.63) is 0 Å². The van der Waals surface area contributed by atoms with E-state index in [1.54, 1.807) is 0 Å². The summed E-state index contributed by atoms with van der Waals surface area (Å²) in [5.41, 5.74) is 0. The molecule has 0 aliphatic carbocycles. The minimum Gasteiger partial charge on any atom is -0.349 e. The molecule has 0 saturated heterocycles. The Hall–Kier alpha value is -0.740. The number of ether oxygens (including phenoxy) is 2. The topological polar surface area (TPSA) is 52.6 Å². The van der Waals surface area contributed by atoms with Crippen molar-refractivity contribution in [1.29, 1.82) is 0 Å². The molecule has 1 atom stereocenters. The van der Waals surface area contributed by atoms with E-state index in [9.17, 15) is 9.59 Å². The summed E-state index contributed by atoms with van der Waals surface area (Å²) in [5.74, 6) is -0.983. The molecule has 0 aromatic rings. The second-order valence-electron chi connectivity index (χ2n) is 3.51. The minimum atomic E-state index is -0.921. The van der Waals surface area contributed by atoms with Crippen molar-refractivity contribution in [3.63, 3.8) is 0 Å². The molecule has 0 rings (SSSR count). The first-order chi connectivity index (χ1) is 7.08. The summed E-state index contributed by atoms with van der Waals surface area (Å²) in [6.45, 7) is 3.45. The monoisotopic (exact) mass is 216 g/mol. The Morgan fingerprint density at radius 2 is 1.73 bits per heavy atom. The van der Waals surface area contributed by atoms with Gasteiger partial charge >= 0.3 is 0 Å². The zero-order valence-corrected chi connectivity index (χ0v) is 9.91. The Morgan fingerprint density at radius 1 is 1.20 bits per heavy atom. The predicted octanol–water partition coefficient (Wildman–Crippen LogP) is 1.57. The number of carbonyl (C=O) groups is 2. The SMILES string of the molecule is CCCCC(C(C)=O)C(=O)C(OC)OC. The van der Waals surface area contributed by atoms with Gasteiger partial charge in [-0.05, 0) is 13.3 Å². The van der Waals surface area contributed by atoms with Crippen molar-refractivity contribution in [2.45, 2.75) is 39.4 Å². The lowest BCUT2D eigenvalue weighted by Crippen LogP contribution is -2.34. The third-order valence-corrected chi connectivity index (χ3v) is 2.34. The molecule has 0 bridgehead atoms. The van der Waals surface area contributed by atoms with Gasteiger partial charge in [0.25, 0.3) is 0 Å². The smallest absolute Gasteiger partial charge is 0.218 e. The van der Waals surface area contributed by atoms with E-state index in [0.717, 1.165) is 12.8 Å². The third kappa shape index (κ3) is 4.53. The van der Waals surface area contributed by atoms with E-state index in [1.165, 1.54) is 21.1 Å². The van der Waals surface area contributed by atoms with E-state index < -0.39 is 12.2 Å². The second-order valence-corrected chi connectivity index (χ2v) is 3.51. The minimum absolute atomic E-state index is 0.118. The van der Waals surface area contributed by atoms with Crippen molar-refractivity contribution in [1.82, 2.24) is 0 Å². The van der Waals surface area contributed by atoms with Crippen molar-refractivity contribution >= 4 is 11.6 Å². The molecule has 0 aromatic carbocycles. The Labute approximate surface area is 90.9 Å². The van der Waals surface area contributed by atoms with Crippen LogP contribution in [-0.2, 0) is 19.1 Å². The van der Waals surface area contributed by atoms with Crippen LogP contribution in [0, 0.1) is 5.92 Å². The highest BCUT2D eigenvalue weighted by Gasteiger charge is 2.29. The molecular weight excluding hydrogens is 196 g/mol. The maximum Gasteiger partial charge on any atom is 0.218 e. The van der Waals surface area contributed by atoms with E-state index in [4.69, 9.17) is 9.47 Å². The normalized spacial score (nSPS) is 12.9. The summed E-state index contributed by atoms with van der Waals surface area (Å²) in [7, 11) is 2.78. The average Bonchev–Trinajstić information content (AvgIpc) is 2.19. The summed E-state index contributed by atoms with van der Waals surface area (Å²) >= 11 is 0. The van der Waals surface area contributed by atoms with Crippen LogP contribution in [0.2, 0.25) is 0 Å². The van der Waals surface area contributed by atoms with Crippen molar-refractivity contribution < 1.29 is 19.1 Å². The quantitative estimate of drug-likeness (QED) is 0.456. The van der Waals surface area contributed by atoms with Crippen LogP contribution in [-0.4, -0.2) is 32.1 Å². The lowest BCUT2D eigenvalue weighted by atomic mass is 9.93. The lowest BCUT2D eigenvalue weighted by Gasteiger charge is -2.18. The summed E-state index contributed by atoms with van der Waals surface area (Å²) in [6.07, 6.45) is 1.47. The molecule has 0 fully saturated rings. The maximum absolute atomic E-state index is 11.8. The Kier molecular flexibility index (Phi) is 7.17. The number of rotatable bonds is 8. The number of Topliss-reactive ketones (excluding diaryl/α,β-unsaturated/α-hetero) is 2. The van der Waals surface area contributed by atoms with Crippen LogP contribution in [0.1, 0.15) is 33.1 Å². The van der Waals surface area contributed by atoms with E-state index in [-0.39, 0.29) is 11.6 Å². The molecule has 0 saturated carbocycles. The van der Waals surface area contributed by atoms with Gasteiger partial charge in [-0.3, -0.25) is 9.59 Å². The average molecular weight is 216 g/mol. The lowest BCUT2D eigenvalue weighted by molar-refractivity contribution is -0.162. The molecule has 0 aliphatic heterocycles. The molecule has 0 aromatic heterocycles. The van der Waals surface area contributed by atoms with Gasteiger partial charge in [0, 0.05) is 14.2 Å². The van der Waals surface area contributed by atoms with Gasteiger partial charge in [0.15, 0.2) is 5.78 Å². The van der Waals surface area contributed by atoms with Gasteiger partial charge in [0.2, 0.25) is 6.29 Å². The van der Waals surface area contributed by atoms with Crippen LogP contribution in [0.3, 0.4) is 0 Å². The summed E-state index contributed by atoms with van der Waals surface area (Å²) in [6, 6.07) is 0. The highest BCUT2D eigenvalue weighted by molar-refractivity contribution is 6.02. The first kappa shape index (κ1) is 14.3. The summed E-state index contributed by atoms with van der Waals surface area (Å²) in [4.78, 5) is 23.1. The maximum atomic E-state index is 11.8. The van der Waals surface area contributed by atoms with Crippen LogP contribution in [0.5, 0.6) is 0 Å². The van der Waals surface area contributed by atoms with Gasteiger partial charge in [-0.1, -0.05) is 19.8 Å². The molecule has 0 aliphatic rings. The van der Waals surface area contributed by atoms with Gasteiger partial charge in [-0.25, -0.2) is 0 Å². The fraction of sp³-hybridized carbons (Fsp3) is 0.818. The van der Waals surface area contributed by atoms with Crippen molar-refractivity contribution in [3.8, 4) is 0 Å². The van der Waals surface area contributed by atoms with E-state index in [0.29, 0.717) is 6.42 Å². The number of hydrogen-bond donors (Lipinski definition) is 0. The molecule has 0 N–H and O–H groups in total. The predicted molar refractivity (Wildman–Crippen MR) is 56.5 cm³/mol. The fourth-order valence-corrected chi connectivity index (χ4v) is 1.45. The molecule has 4 heteroatoms. The fourth-order valence-electron chi connectivity index (χ4n) is 1.45. The van der Waals surface area contributed by atoms with Crippen LogP contribution >= 0.6 is 0 Å². The van der Waals surface area contributed by atoms with E-state index >= 15 is 0 Å². The van der Waals surface area contributed by atoms with Crippen LogP contribution in [0.25, 0.3) is 0 Å². The molecule has 88 valence electrons. The molecule has 15 heavy (non-hydrogen) atoms. The van der Waals surface area contributed by atoms with Gasteiger partial charge < -0.3 is 9.47 Å². The van der Waals surface area contributed by atoms with Crippen LogP contribution < -0.4 is 0 Å². The number of methoxy groups -OCH3 is 2. The van der Waals surface area contributed by atoms with Gasteiger partial charge in [-0.2, -0.15) is 0 Å². The van der Waals surface area contributed by atoms with Crippen LogP contribution in [0.4, 0.5) is 0 Å². The highest BCUT2D eigenvalue weighted by Crippen LogP contribution is 2.14. The number of carbonyl (C=O) groups excluding carboxylic acids is 2. The summed E-state index contributed by atoms with van der Waals surface area (Å²) in [5, 5.41) is 0. The third-order valence-electron chi connectivity index (χ3n) is 2.34. The molecule has 0 amide bonds. The van der Waals surface area contributed by atoms with Gasteiger partial charge in [0.05, 0.1) is 5.92 Å². The molecule has 0 spiro atoms. The second kappa shape index (κ2) is 7.54. The van der Waals surface area contributed by atoms with Crippen molar-refractivity contribution in [2.24, 2.45) is 5.92 Å². The Bertz CT molecular complexity index is 209. The molecule has 4 nitrogen and oxygen atoms in total. The largest absolute Gasteiger partial charge is 0.349 e. The van der Waals surface area contributed by atoms with E-state index in [2.05, 4.69) is 0 Å². The Morgan fingerprint density at radius 3 is 2.07 bits per heavy atom.